The first kappa shape index (κ1) is 22.3. The van der Waals surface area contributed by atoms with Crippen molar-refractivity contribution in [2.75, 3.05) is 31.6 Å². The number of hydrogen-bond donors (Lipinski definition) is 2. The third-order valence-corrected chi connectivity index (χ3v) is 5.96. The van der Waals surface area contributed by atoms with E-state index in [0.29, 0.717) is 12.5 Å². The average molecular weight is 441 g/mol. The highest BCUT2D eigenvalue weighted by Crippen LogP contribution is 2.34. The van der Waals surface area contributed by atoms with Gasteiger partial charge in [0.15, 0.2) is 5.96 Å². The molecule has 0 aliphatic carbocycles. The summed E-state index contributed by atoms with van der Waals surface area (Å²) in [5.74, 6) is 0.716. The van der Waals surface area contributed by atoms with Gasteiger partial charge in [-0.05, 0) is 55.0 Å². The third kappa shape index (κ3) is 5.81. The maximum atomic E-state index is 13.4. The smallest absolute Gasteiger partial charge is 0.416 e. The fourth-order valence-corrected chi connectivity index (χ4v) is 4.24. The molecule has 2 heterocycles. The first-order chi connectivity index (χ1) is 14.4. The summed E-state index contributed by atoms with van der Waals surface area (Å²) in [7, 11) is 1.35. The summed E-state index contributed by atoms with van der Waals surface area (Å²) in [4.78, 5) is 6.78. The Kier molecular flexibility index (Phi) is 7.47. The first-order valence-corrected chi connectivity index (χ1v) is 10.9. The second-order valence-corrected chi connectivity index (χ2v) is 8.00. The van der Waals surface area contributed by atoms with Gasteiger partial charge in [0.1, 0.15) is 5.75 Å². The molecule has 3 rings (SSSR count). The SMILES string of the molecule is CCNC(=NCc1ccc(OC)cc1C(F)(F)F)NC1CCN(c2cccs2)CC1. The Morgan fingerprint density at radius 1 is 1.27 bits per heavy atom. The molecule has 1 fully saturated rings. The topological polar surface area (TPSA) is 48.9 Å². The van der Waals surface area contributed by atoms with Crippen molar-refractivity contribution in [3.8, 4) is 5.75 Å². The van der Waals surface area contributed by atoms with Gasteiger partial charge in [-0.1, -0.05) is 6.07 Å². The maximum absolute atomic E-state index is 13.4. The molecule has 1 aromatic heterocycles. The summed E-state index contributed by atoms with van der Waals surface area (Å²) >= 11 is 1.73. The zero-order chi connectivity index (χ0) is 21.6. The number of halogens is 3. The number of rotatable bonds is 6. The van der Waals surface area contributed by atoms with Crippen LogP contribution in [0.2, 0.25) is 0 Å². The van der Waals surface area contributed by atoms with E-state index < -0.39 is 11.7 Å². The molecule has 0 saturated carbocycles. The Bertz CT molecular complexity index is 831. The van der Waals surface area contributed by atoms with Gasteiger partial charge in [0, 0.05) is 25.7 Å². The molecule has 2 N–H and O–H groups in total. The highest BCUT2D eigenvalue weighted by Gasteiger charge is 2.33. The maximum Gasteiger partial charge on any atom is 0.416 e. The molecule has 1 aliphatic rings. The van der Waals surface area contributed by atoms with Crippen molar-refractivity contribution in [2.45, 2.75) is 38.5 Å². The lowest BCUT2D eigenvalue weighted by atomic mass is 10.1. The largest absolute Gasteiger partial charge is 0.497 e. The second-order valence-electron chi connectivity index (χ2n) is 7.07. The van der Waals surface area contributed by atoms with Gasteiger partial charge in [-0.3, -0.25) is 0 Å². The Morgan fingerprint density at radius 2 is 2.03 bits per heavy atom. The van der Waals surface area contributed by atoms with Crippen LogP contribution in [0.3, 0.4) is 0 Å². The standard InChI is InChI=1S/C21H27F3N4OS/c1-3-25-20(27-16-8-10-28(11-9-16)19-5-4-12-30-19)26-14-15-6-7-17(29-2)13-18(15)21(22,23)24/h4-7,12-13,16H,3,8-11,14H2,1-2H3,(H2,25,26,27). The molecule has 0 amide bonds. The van der Waals surface area contributed by atoms with Gasteiger partial charge in [-0.25, -0.2) is 4.99 Å². The molecule has 0 atom stereocenters. The molecule has 1 aromatic carbocycles. The lowest BCUT2D eigenvalue weighted by Crippen LogP contribution is -2.48. The molecule has 0 unspecified atom stereocenters. The van der Waals surface area contributed by atoms with Crippen molar-refractivity contribution in [1.29, 1.82) is 0 Å². The summed E-state index contributed by atoms with van der Waals surface area (Å²) in [6.45, 7) is 4.38. The van der Waals surface area contributed by atoms with E-state index in [1.807, 2.05) is 6.92 Å². The van der Waals surface area contributed by atoms with Crippen LogP contribution in [0.4, 0.5) is 18.2 Å². The van der Waals surface area contributed by atoms with Crippen LogP contribution in [0, 0.1) is 0 Å². The highest BCUT2D eigenvalue weighted by molar-refractivity contribution is 7.14. The molecular weight excluding hydrogens is 413 g/mol. The van der Waals surface area contributed by atoms with Gasteiger partial charge in [-0.15, -0.1) is 11.3 Å². The van der Waals surface area contributed by atoms with E-state index in [1.54, 1.807) is 11.3 Å². The fourth-order valence-electron chi connectivity index (χ4n) is 3.46. The van der Waals surface area contributed by atoms with E-state index in [0.717, 1.165) is 32.0 Å². The number of nitrogens with zero attached hydrogens (tertiary/aromatic N) is 2. The number of hydrogen-bond acceptors (Lipinski definition) is 4. The number of thiophene rings is 1. The van der Waals surface area contributed by atoms with Crippen molar-refractivity contribution >= 4 is 22.3 Å². The zero-order valence-electron chi connectivity index (χ0n) is 17.1. The van der Waals surface area contributed by atoms with E-state index in [1.165, 1.54) is 24.2 Å². The highest BCUT2D eigenvalue weighted by atomic mass is 32.1. The van der Waals surface area contributed by atoms with Crippen molar-refractivity contribution in [3.05, 3.63) is 46.8 Å². The Balaban J connectivity index is 1.65. The summed E-state index contributed by atoms with van der Waals surface area (Å²) < 4.78 is 45.2. The zero-order valence-corrected chi connectivity index (χ0v) is 17.9. The van der Waals surface area contributed by atoms with Gasteiger partial charge in [0.25, 0.3) is 0 Å². The van der Waals surface area contributed by atoms with Gasteiger partial charge < -0.3 is 20.3 Å². The monoisotopic (exact) mass is 440 g/mol. The van der Waals surface area contributed by atoms with Gasteiger partial charge in [-0.2, -0.15) is 13.2 Å². The van der Waals surface area contributed by atoms with Crippen LogP contribution in [0.5, 0.6) is 5.75 Å². The predicted octanol–water partition coefficient (Wildman–Crippen LogP) is 4.50. The molecule has 1 aliphatic heterocycles. The van der Waals surface area contributed by atoms with E-state index in [4.69, 9.17) is 4.74 Å². The number of alkyl halides is 3. The third-order valence-electron chi connectivity index (χ3n) is 5.03. The van der Waals surface area contributed by atoms with Crippen LogP contribution in [-0.2, 0) is 12.7 Å². The number of benzene rings is 1. The first-order valence-electron chi connectivity index (χ1n) is 9.98. The van der Waals surface area contributed by atoms with Crippen molar-refractivity contribution in [2.24, 2.45) is 4.99 Å². The summed E-state index contributed by atoms with van der Waals surface area (Å²) in [5, 5.41) is 9.87. The molecule has 0 radical (unpaired) electrons. The summed E-state index contributed by atoms with van der Waals surface area (Å²) in [5.41, 5.74) is -0.598. The normalized spacial score (nSPS) is 15.9. The van der Waals surface area contributed by atoms with E-state index in [-0.39, 0.29) is 23.9 Å². The Labute approximate surface area is 179 Å². The second kappa shape index (κ2) is 10.1. The number of methoxy groups -OCH3 is 1. The van der Waals surface area contributed by atoms with Crippen molar-refractivity contribution in [3.63, 3.8) is 0 Å². The lowest BCUT2D eigenvalue weighted by molar-refractivity contribution is -0.138. The molecule has 0 spiro atoms. The van der Waals surface area contributed by atoms with Gasteiger partial charge in [0.2, 0.25) is 0 Å². The van der Waals surface area contributed by atoms with Crippen LogP contribution in [0.1, 0.15) is 30.9 Å². The number of nitrogens with one attached hydrogen (secondary N) is 2. The van der Waals surface area contributed by atoms with Crippen molar-refractivity contribution < 1.29 is 17.9 Å². The number of piperidine rings is 1. The number of aliphatic imine (C=N–C) groups is 1. The molecule has 5 nitrogen and oxygen atoms in total. The lowest BCUT2D eigenvalue weighted by Gasteiger charge is -2.33. The van der Waals surface area contributed by atoms with Crippen LogP contribution in [0.25, 0.3) is 0 Å². The van der Waals surface area contributed by atoms with E-state index in [9.17, 15) is 13.2 Å². The molecule has 164 valence electrons. The van der Waals surface area contributed by atoms with E-state index >= 15 is 0 Å². The Hall–Kier alpha value is -2.42. The summed E-state index contributed by atoms with van der Waals surface area (Å²) in [6, 6.07) is 8.38. The van der Waals surface area contributed by atoms with E-state index in [2.05, 4.69) is 38.0 Å². The summed E-state index contributed by atoms with van der Waals surface area (Å²) in [6.07, 6.45) is -2.57. The van der Waals surface area contributed by atoms with Gasteiger partial charge in [0.05, 0.1) is 24.2 Å². The minimum absolute atomic E-state index is 0.0673. The Morgan fingerprint density at radius 3 is 2.63 bits per heavy atom. The minimum atomic E-state index is -4.46. The molecule has 0 bridgehead atoms. The number of guanidine groups is 1. The van der Waals surface area contributed by atoms with Gasteiger partial charge >= 0.3 is 6.18 Å². The minimum Gasteiger partial charge on any atom is -0.497 e. The van der Waals surface area contributed by atoms with Crippen LogP contribution in [-0.4, -0.2) is 38.7 Å². The molecular formula is C21H27F3N4OS. The number of ether oxygens (including phenoxy) is 1. The molecule has 30 heavy (non-hydrogen) atoms. The van der Waals surface area contributed by atoms with Crippen LogP contribution >= 0.6 is 11.3 Å². The van der Waals surface area contributed by atoms with Crippen LogP contribution in [0.15, 0.2) is 40.7 Å². The predicted molar refractivity (Wildman–Crippen MR) is 116 cm³/mol. The molecule has 1 saturated heterocycles. The average Bonchev–Trinajstić information content (AvgIpc) is 3.27. The van der Waals surface area contributed by atoms with Crippen molar-refractivity contribution in [1.82, 2.24) is 10.6 Å². The fraction of sp³-hybridized carbons (Fsp3) is 0.476. The molecule has 2 aromatic rings. The van der Waals surface area contributed by atoms with Crippen LogP contribution < -0.4 is 20.3 Å². The quantitative estimate of drug-likeness (QED) is 0.513. The number of anilines is 1. The molecule has 9 heteroatoms.